The molecule has 0 radical (unpaired) electrons. The first kappa shape index (κ1) is 14.9. The number of nitrogens with one attached hydrogen (secondary N) is 1. The van der Waals surface area contributed by atoms with Crippen LogP contribution in [0.3, 0.4) is 0 Å². The number of amidine groups is 1. The normalized spacial score (nSPS) is 11.4. The van der Waals surface area contributed by atoms with Crippen molar-refractivity contribution in [2.45, 2.75) is 13.2 Å². The van der Waals surface area contributed by atoms with E-state index >= 15 is 0 Å². The predicted molar refractivity (Wildman–Crippen MR) is 83.4 cm³/mol. The first-order chi connectivity index (χ1) is 10.2. The van der Waals surface area contributed by atoms with Gasteiger partial charge in [0.2, 0.25) is 0 Å². The average Bonchev–Trinajstić information content (AvgIpc) is 2.54. The van der Waals surface area contributed by atoms with E-state index in [1.165, 1.54) is 0 Å². The van der Waals surface area contributed by atoms with Gasteiger partial charge in [0, 0.05) is 30.5 Å². The number of para-hydroxylation sites is 1. The van der Waals surface area contributed by atoms with Crippen LogP contribution in [0.2, 0.25) is 0 Å². The summed E-state index contributed by atoms with van der Waals surface area (Å²) in [6.45, 7) is 1.27. The van der Waals surface area contributed by atoms with Crippen molar-refractivity contribution < 1.29 is 9.94 Å². The lowest BCUT2D eigenvalue weighted by molar-refractivity contribution is 0.185. The summed E-state index contributed by atoms with van der Waals surface area (Å²) in [5, 5.41) is 15.0. The molecule has 5 nitrogen and oxygen atoms in total. The molecule has 2 aromatic rings. The summed E-state index contributed by atoms with van der Waals surface area (Å²) in [7, 11) is 1.68. The third-order valence-corrected chi connectivity index (χ3v) is 3.16. The minimum absolute atomic E-state index is 0.111. The number of hydrogen-bond acceptors (Lipinski definition) is 4. The van der Waals surface area contributed by atoms with Gasteiger partial charge in [0.15, 0.2) is 5.84 Å². The number of rotatable bonds is 6. The summed E-state index contributed by atoms with van der Waals surface area (Å²) < 4.78 is 5.18. The number of hydrogen-bond donors (Lipinski definition) is 3. The third kappa shape index (κ3) is 3.97. The Morgan fingerprint density at radius 1 is 1.19 bits per heavy atom. The van der Waals surface area contributed by atoms with E-state index in [1.807, 2.05) is 48.5 Å². The van der Waals surface area contributed by atoms with Crippen LogP contribution in [0.1, 0.15) is 16.7 Å². The molecule has 21 heavy (non-hydrogen) atoms. The molecular formula is C16H19N3O2. The molecule has 0 aliphatic carbocycles. The molecular weight excluding hydrogens is 266 g/mol. The van der Waals surface area contributed by atoms with Crippen LogP contribution in [0, 0.1) is 0 Å². The van der Waals surface area contributed by atoms with Crippen LogP contribution in [-0.4, -0.2) is 18.2 Å². The van der Waals surface area contributed by atoms with Gasteiger partial charge in [-0.25, -0.2) is 0 Å². The van der Waals surface area contributed by atoms with Crippen LogP contribution in [0.4, 0.5) is 5.69 Å². The van der Waals surface area contributed by atoms with Crippen LogP contribution >= 0.6 is 0 Å². The molecule has 0 saturated carbocycles. The van der Waals surface area contributed by atoms with Crippen LogP contribution in [0.25, 0.3) is 0 Å². The Hall–Kier alpha value is -2.53. The lowest BCUT2D eigenvalue weighted by Crippen LogP contribution is -2.13. The number of oxime groups is 1. The monoisotopic (exact) mass is 285 g/mol. The summed E-state index contributed by atoms with van der Waals surface area (Å²) in [6, 6.07) is 15.6. The Balaban J connectivity index is 2.03. The van der Waals surface area contributed by atoms with Gasteiger partial charge < -0.3 is 21.0 Å². The zero-order chi connectivity index (χ0) is 15.1. The average molecular weight is 285 g/mol. The number of anilines is 1. The highest BCUT2D eigenvalue weighted by atomic mass is 16.5. The predicted octanol–water partition coefficient (Wildman–Crippen LogP) is 2.54. The molecule has 0 spiro atoms. The minimum atomic E-state index is 0.111. The highest BCUT2D eigenvalue weighted by molar-refractivity contribution is 5.96. The van der Waals surface area contributed by atoms with Crippen molar-refractivity contribution in [3.8, 4) is 0 Å². The molecule has 2 aromatic carbocycles. The molecule has 0 amide bonds. The van der Waals surface area contributed by atoms with Crippen molar-refractivity contribution in [3.05, 3.63) is 65.2 Å². The second kappa shape index (κ2) is 7.31. The van der Waals surface area contributed by atoms with Gasteiger partial charge in [-0.15, -0.1) is 0 Å². The fourth-order valence-electron chi connectivity index (χ4n) is 2.02. The maximum absolute atomic E-state index is 8.63. The minimum Gasteiger partial charge on any atom is -0.409 e. The summed E-state index contributed by atoms with van der Waals surface area (Å²) in [4.78, 5) is 0. The first-order valence-electron chi connectivity index (χ1n) is 6.62. The highest BCUT2D eigenvalue weighted by Gasteiger charge is 2.02. The molecule has 0 atom stereocenters. The molecule has 0 unspecified atom stereocenters. The maximum atomic E-state index is 8.63. The molecule has 2 rings (SSSR count). The second-order valence-electron chi connectivity index (χ2n) is 4.63. The zero-order valence-electron chi connectivity index (χ0n) is 11.9. The van der Waals surface area contributed by atoms with Gasteiger partial charge in [-0.3, -0.25) is 0 Å². The molecule has 0 aliphatic heterocycles. The van der Waals surface area contributed by atoms with Crippen molar-refractivity contribution in [2.24, 2.45) is 10.9 Å². The fourth-order valence-corrected chi connectivity index (χ4v) is 2.02. The van der Waals surface area contributed by atoms with E-state index in [1.54, 1.807) is 7.11 Å². The van der Waals surface area contributed by atoms with E-state index in [-0.39, 0.29) is 5.84 Å². The summed E-state index contributed by atoms with van der Waals surface area (Å²) in [5.41, 5.74) is 9.51. The molecule has 4 N–H and O–H groups in total. The van der Waals surface area contributed by atoms with Gasteiger partial charge in [-0.1, -0.05) is 47.6 Å². The number of benzene rings is 2. The van der Waals surface area contributed by atoms with E-state index in [9.17, 15) is 0 Å². The number of ether oxygens (including phenoxy) is 1. The van der Waals surface area contributed by atoms with Crippen molar-refractivity contribution in [3.63, 3.8) is 0 Å². The van der Waals surface area contributed by atoms with Crippen LogP contribution in [0.5, 0.6) is 0 Å². The first-order valence-corrected chi connectivity index (χ1v) is 6.62. The molecule has 5 heteroatoms. The lowest BCUT2D eigenvalue weighted by atomic mass is 10.1. The molecule has 0 heterocycles. The fraction of sp³-hybridized carbons (Fsp3) is 0.188. The molecule has 0 bridgehead atoms. The van der Waals surface area contributed by atoms with Crippen LogP contribution in [-0.2, 0) is 17.9 Å². The Bertz CT molecular complexity index is 609. The Kier molecular flexibility index (Phi) is 5.17. The summed E-state index contributed by atoms with van der Waals surface area (Å²) >= 11 is 0. The summed E-state index contributed by atoms with van der Waals surface area (Å²) in [6.07, 6.45) is 0. The lowest BCUT2D eigenvalue weighted by Gasteiger charge is -2.11. The van der Waals surface area contributed by atoms with Gasteiger partial charge in [0.1, 0.15) is 0 Å². The Labute approximate surface area is 124 Å². The molecule has 110 valence electrons. The maximum Gasteiger partial charge on any atom is 0.170 e. The van der Waals surface area contributed by atoms with E-state index in [2.05, 4.69) is 10.5 Å². The number of nitrogens with zero attached hydrogens (tertiary/aromatic N) is 1. The highest BCUT2D eigenvalue weighted by Crippen LogP contribution is 2.17. The topological polar surface area (TPSA) is 79.9 Å². The largest absolute Gasteiger partial charge is 0.409 e. The van der Waals surface area contributed by atoms with Crippen LogP contribution < -0.4 is 11.1 Å². The van der Waals surface area contributed by atoms with Gasteiger partial charge in [0.05, 0.1) is 6.61 Å². The molecule has 0 aromatic heterocycles. The Morgan fingerprint density at radius 3 is 2.57 bits per heavy atom. The van der Waals surface area contributed by atoms with Gasteiger partial charge in [0.25, 0.3) is 0 Å². The third-order valence-electron chi connectivity index (χ3n) is 3.16. The van der Waals surface area contributed by atoms with E-state index < -0.39 is 0 Å². The summed E-state index contributed by atoms with van der Waals surface area (Å²) in [5.74, 6) is 0.111. The van der Waals surface area contributed by atoms with E-state index in [0.29, 0.717) is 18.7 Å². The van der Waals surface area contributed by atoms with Crippen molar-refractivity contribution in [1.82, 2.24) is 0 Å². The number of methoxy groups -OCH3 is 1. The van der Waals surface area contributed by atoms with Gasteiger partial charge in [-0.2, -0.15) is 0 Å². The zero-order valence-corrected chi connectivity index (χ0v) is 11.9. The quantitative estimate of drug-likeness (QED) is 0.330. The SMILES string of the molecule is COCc1ccccc1NCc1ccc(C(N)=NO)cc1. The van der Waals surface area contributed by atoms with Gasteiger partial charge in [-0.05, 0) is 11.6 Å². The standard InChI is InChI=1S/C16H19N3O2/c1-21-11-14-4-2-3-5-15(14)18-10-12-6-8-13(9-7-12)16(17)19-20/h2-9,18,20H,10-11H2,1H3,(H2,17,19). The smallest absolute Gasteiger partial charge is 0.170 e. The molecule has 0 fully saturated rings. The molecule has 0 saturated heterocycles. The van der Waals surface area contributed by atoms with E-state index in [4.69, 9.17) is 15.7 Å². The molecule has 0 aliphatic rings. The number of nitrogens with two attached hydrogens (primary N) is 1. The van der Waals surface area contributed by atoms with Crippen molar-refractivity contribution >= 4 is 11.5 Å². The Morgan fingerprint density at radius 2 is 1.90 bits per heavy atom. The van der Waals surface area contributed by atoms with E-state index in [0.717, 1.165) is 16.8 Å². The van der Waals surface area contributed by atoms with Crippen molar-refractivity contribution in [2.75, 3.05) is 12.4 Å². The van der Waals surface area contributed by atoms with Crippen molar-refractivity contribution in [1.29, 1.82) is 0 Å². The second-order valence-corrected chi connectivity index (χ2v) is 4.63. The van der Waals surface area contributed by atoms with Crippen LogP contribution in [0.15, 0.2) is 53.7 Å². The van der Waals surface area contributed by atoms with Gasteiger partial charge >= 0.3 is 0 Å².